The van der Waals surface area contributed by atoms with Crippen LogP contribution in [-0.4, -0.2) is 19.0 Å². The van der Waals surface area contributed by atoms with Crippen LogP contribution in [0.1, 0.15) is 52.4 Å². The van der Waals surface area contributed by atoms with E-state index < -0.39 is 0 Å². The van der Waals surface area contributed by atoms with Gasteiger partial charge in [-0.15, -0.1) is 0 Å². The molecule has 1 heterocycles. The van der Waals surface area contributed by atoms with Gasteiger partial charge < -0.3 is 4.74 Å². The third-order valence-electron chi connectivity index (χ3n) is 2.77. The van der Waals surface area contributed by atoms with Crippen molar-refractivity contribution in [1.82, 2.24) is 0 Å². The van der Waals surface area contributed by atoms with E-state index in [2.05, 4.69) is 18.8 Å². The van der Waals surface area contributed by atoms with Crippen molar-refractivity contribution in [3.63, 3.8) is 0 Å². The van der Waals surface area contributed by atoms with Crippen molar-refractivity contribution in [1.29, 1.82) is 0 Å². The smallest absolute Gasteiger partial charge is 0.186 e. The van der Waals surface area contributed by atoms with Crippen LogP contribution in [0.4, 0.5) is 0 Å². The Balaban J connectivity index is 2.00. The Labute approximate surface area is 87.8 Å². The molecule has 0 aromatic rings. The van der Waals surface area contributed by atoms with Gasteiger partial charge >= 0.3 is 0 Å². The van der Waals surface area contributed by atoms with Gasteiger partial charge in [0.15, 0.2) is 5.90 Å². The first-order valence-electron chi connectivity index (χ1n) is 6.01. The second-order valence-corrected chi connectivity index (χ2v) is 4.17. The number of hydrogen-bond acceptors (Lipinski definition) is 2. The quantitative estimate of drug-likeness (QED) is 0.573. The Morgan fingerprint density at radius 2 is 2.07 bits per heavy atom. The lowest BCUT2D eigenvalue weighted by Crippen LogP contribution is -2.11. The molecule has 0 amide bonds. The van der Waals surface area contributed by atoms with Crippen LogP contribution in [0.5, 0.6) is 0 Å². The van der Waals surface area contributed by atoms with Crippen molar-refractivity contribution < 1.29 is 4.74 Å². The molecule has 1 aliphatic rings. The molecule has 1 unspecified atom stereocenters. The Morgan fingerprint density at radius 1 is 1.29 bits per heavy atom. The van der Waals surface area contributed by atoms with E-state index in [4.69, 9.17) is 4.74 Å². The lowest BCUT2D eigenvalue weighted by molar-refractivity contribution is 0.320. The zero-order chi connectivity index (χ0) is 10.2. The maximum absolute atomic E-state index is 5.44. The van der Waals surface area contributed by atoms with Gasteiger partial charge in [-0.05, 0) is 6.42 Å². The molecule has 82 valence electrons. The van der Waals surface area contributed by atoms with E-state index in [-0.39, 0.29) is 0 Å². The summed E-state index contributed by atoms with van der Waals surface area (Å²) < 4.78 is 5.44. The molecule has 1 atom stereocenters. The van der Waals surface area contributed by atoms with Crippen molar-refractivity contribution >= 4 is 5.90 Å². The topological polar surface area (TPSA) is 21.6 Å². The van der Waals surface area contributed by atoms with E-state index in [1.54, 1.807) is 0 Å². The molecule has 14 heavy (non-hydrogen) atoms. The highest BCUT2D eigenvalue weighted by Gasteiger charge is 2.14. The van der Waals surface area contributed by atoms with Crippen LogP contribution < -0.4 is 0 Å². The van der Waals surface area contributed by atoms with Gasteiger partial charge in [-0.3, -0.25) is 4.99 Å². The van der Waals surface area contributed by atoms with E-state index in [1.165, 1.54) is 38.5 Å². The van der Waals surface area contributed by atoms with Crippen molar-refractivity contribution in [3.05, 3.63) is 0 Å². The second-order valence-electron chi connectivity index (χ2n) is 4.17. The van der Waals surface area contributed by atoms with Crippen LogP contribution in [0.15, 0.2) is 4.99 Å². The Bertz CT molecular complexity index is 177. The molecule has 0 radical (unpaired) electrons. The third-order valence-corrected chi connectivity index (χ3v) is 2.77. The maximum atomic E-state index is 5.44. The number of hydrogen-bond donors (Lipinski definition) is 0. The molecule has 0 aliphatic carbocycles. The predicted octanol–water partition coefficient (Wildman–Crippen LogP) is 3.41. The van der Waals surface area contributed by atoms with E-state index in [0.717, 1.165) is 19.0 Å². The summed E-state index contributed by atoms with van der Waals surface area (Å²) in [6.07, 6.45) is 8.02. The lowest BCUT2D eigenvalue weighted by atomic mass is 10.0. The standard InChI is InChI=1S/C12H23NO/c1-3-4-5-6-7-8-11(2)12-13-9-10-14-12/h11H,3-10H2,1-2H3. The zero-order valence-corrected chi connectivity index (χ0v) is 9.59. The molecule has 0 aromatic carbocycles. The van der Waals surface area contributed by atoms with Crippen molar-refractivity contribution in [3.8, 4) is 0 Å². The van der Waals surface area contributed by atoms with Gasteiger partial charge in [0, 0.05) is 5.92 Å². The lowest BCUT2D eigenvalue weighted by Gasteiger charge is -2.10. The monoisotopic (exact) mass is 197 g/mol. The molecule has 0 bridgehead atoms. The van der Waals surface area contributed by atoms with E-state index >= 15 is 0 Å². The number of rotatable bonds is 7. The highest BCUT2D eigenvalue weighted by molar-refractivity contribution is 5.79. The van der Waals surface area contributed by atoms with Gasteiger partial charge in [-0.2, -0.15) is 0 Å². The van der Waals surface area contributed by atoms with Crippen LogP contribution in [0.25, 0.3) is 0 Å². The maximum Gasteiger partial charge on any atom is 0.186 e. The Kier molecular flexibility index (Phi) is 5.65. The average Bonchev–Trinajstić information content (AvgIpc) is 2.70. The van der Waals surface area contributed by atoms with Crippen molar-refractivity contribution in [2.75, 3.05) is 13.2 Å². The van der Waals surface area contributed by atoms with E-state index in [9.17, 15) is 0 Å². The summed E-state index contributed by atoms with van der Waals surface area (Å²) in [5.41, 5.74) is 0. The van der Waals surface area contributed by atoms with Gasteiger partial charge in [0.2, 0.25) is 0 Å². The summed E-state index contributed by atoms with van der Waals surface area (Å²) in [5.74, 6) is 1.54. The van der Waals surface area contributed by atoms with Crippen LogP contribution >= 0.6 is 0 Å². The minimum absolute atomic E-state index is 0.541. The Hall–Kier alpha value is -0.530. The first-order valence-corrected chi connectivity index (χ1v) is 6.01. The van der Waals surface area contributed by atoms with Crippen molar-refractivity contribution in [2.24, 2.45) is 10.9 Å². The molecule has 2 heteroatoms. The molecule has 0 saturated carbocycles. The second kappa shape index (κ2) is 6.86. The number of nitrogens with zero attached hydrogens (tertiary/aromatic N) is 1. The van der Waals surface area contributed by atoms with Crippen LogP contribution in [0.3, 0.4) is 0 Å². The molecule has 0 saturated heterocycles. The molecule has 0 N–H and O–H groups in total. The first-order chi connectivity index (χ1) is 6.84. The molecule has 0 aromatic heterocycles. The van der Waals surface area contributed by atoms with Gasteiger partial charge in [0.1, 0.15) is 6.61 Å². The summed E-state index contributed by atoms with van der Waals surface area (Å²) in [6.45, 7) is 6.15. The number of unbranched alkanes of at least 4 members (excludes halogenated alkanes) is 4. The fraction of sp³-hybridized carbons (Fsp3) is 0.917. The normalized spacial score (nSPS) is 17.7. The Morgan fingerprint density at radius 3 is 2.71 bits per heavy atom. The number of aliphatic imine (C=N–C) groups is 1. The highest BCUT2D eigenvalue weighted by atomic mass is 16.5. The summed E-state index contributed by atoms with van der Waals surface area (Å²) in [6, 6.07) is 0. The van der Waals surface area contributed by atoms with Crippen LogP contribution in [0.2, 0.25) is 0 Å². The fourth-order valence-corrected chi connectivity index (χ4v) is 1.83. The molecular weight excluding hydrogens is 174 g/mol. The van der Waals surface area contributed by atoms with Crippen LogP contribution in [-0.2, 0) is 4.74 Å². The average molecular weight is 197 g/mol. The van der Waals surface area contributed by atoms with Gasteiger partial charge in [-0.25, -0.2) is 0 Å². The first kappa shape index (κ1) is 11.5. The predicted molar refractivity (Wildman–Crippen MR) is 60.8 cm³/mol. The fourth-order valence-electron chi connectivity index (χ4n) is 1.83. The minimum atomic E-state index is 0.541. The summed E-state index contributed by atoms with van der Waals surface area (Å²) in [7, 11) is 0. The zero-order valence-electron chi connectivity index (χ0n) is 9.59. The SMILES string of the molecule is CCCCCCCC(C)C1=NCCO1. The van der Waals surface area contributed by atoms with Gasteiger partial charge in [0.05, 0.1) is 6.54 Å². The highest BCUT2D eigenvalue weighted by Crippen LogP contribution is 2.15. The van der Waals surface area contributed by atoms with Crippen molar-refractivity contribution in [2.45, 2.75) is 52.4 Å². The molecular formula is C12H23NO. The molecule has 2 nitrogen and oxygen atoms in total. The molecule has 0 fully saturated rings. The summed E-state index contributed by atoms with van der Waals surface area (Å²) >= 11 is 0. The number of ether oxygens (including phenoxy) is 1. The molecule has 1 aliphatic heterocycles. The minimum Gasteiger partial charge on any atom is -0.479 e. The molecule has 1 rings (SSSR count). The van der Waals surface area contributed by atoms with Gasteiger partial charge in [0.25, 0.3) is 0 Å². The largest absolute Gasteiger partial charge is 0.479 e. The summed E-state index contributed by atoms with van der Waals surface area (Å²) in [5, 5.41) is 0. The molecule has 0 spiro atoms. The van der Waals surface area contributed by atoms with E-state index in [0.29, 0.717) is 5.92 Å². The van der Waals surface area contributed by atoms with Gasteiger partial charge in [-0.1, -0.05) is 46.0 Å². The van der Waals surface area contributed by atoms with E-state index in [1.807, 2.05) is 0 Å². The van der Waals surface area contributed by atoms with Crippen LogP contribution in [0, 0.1) is 5.92 Å². The summed E-state index contributed by atoms with van der Waals surface area (Å²) in [4.78, 5) is 4.35. The third kappa shape index (κ3) is 4.12.